The summed E-state index contributed by atoms with van der Waals surface area (Å²) in [6.07, 6.45) is -0.0342. The average Bonchev–Trinajstić information content (AvgIpc) is 2.07. The Morgan fingerprint density at radius 1 is 1.17 bits per heavy atom. The summed E-state index contributed by atoms with van der Waals surface area (Å²) >= 11 is 0. The van der Waals surface area contributed by atoms with Crippen LogP contribution in [0.5, 0.6) is 0 Å². The van der Waals surface area contributed by atoms with Crippen molar-refractivity contribution < 1.29 is 38.0 Å². The number of amides is 1. The summed E-state index contributed by atoms with van der Waals surface area (Å²) in [6.45, 7) is 0.306. The van der Waals surface area contributed by atoms with Gasteiger partial charge in [0.1, 0.15) is 0 Å². The number of rotatable bonds is 3. The van der Waals surface area contributed by atoms with Crippen LogP contribution in [-0.4, -0.2) is 56.0 Å². The van der Waals surface area contributed by atoms with Crippen molar-refractivity contribution in [2.75, 3.05) is 20.6 Å². The maximum atomic E-state index is 11.8. The van der Waals surface area contributed by atoms with E-state index in [9.17, 15) is 13.9 Å². The number of quaternary nitrogens is 1. The molecule has 4 N–H and O–H groups in total. The molecule has 10 heteroatoms. The van der Waals surface area contributed by atoms with E-state index in [0.717, 1.165) is 0 Å². The summed E-state index contributed by atoms with van der Waals surface area (Å²) in [7, 11) is -6.60. The summed E-state index contributed by atoms with van der Waals surface area (Å²) in [6, 6.07) is 0. The van der Waals surface area contributed by atoms with Crippen molar-refractivity contribution in [3.63, 3.8) is 0 Å². The number of carbonyl (C=O) groups is 1. The predicted octanol–water partition coefficient (Wildman–Crippen LogP) is -0.319. The SMILES string of the molecule is C[N+]1(C)CCC(C(P(=O)(O)O)P(=O)(O)O)CC1=O. The quantitative estimate of drug-likeness (QED) is 0.415. The maximum absolute atomic E-state index is 11.8. The highest BCUT2D eigenvalue weighted by Gasteiger charge is 2.52. The van der Waals surface area contributed by atoms with Crippen LogP contribution in [0.25, 0.3) is 0 Å². The first kappa shape index (κ1) is 16.0. The number of hydrogen-bond donors (Lipinski definition) is 4. The second kappa shape index (κ2) is 4.80. The predicted molar refractivity (Wildman–Crippen MR) is 62.6 cm³/mol. The van der Waals surface area contributed by atoms with Gasteiger partial charge >= 0.3 is 21.1 Å². The van der Waals surface area contributed by atoms with E-state index in [2.05, 4.69) is 0 Å². The molecule has 1 fully saturated rings. The average molecular weight is 302 g/mol. The first-order valence-electron chi connectivity index (χ1n) is 5.32. The zero-order chi connectivity index (χ0) is 14.4. The van der Waals surface area contributed by atoms with E-state index in [0.29, 0.717) is 6.54 Å². The Labute approximate surface area is 105 Å². The minimum Gasteiger partial charge on any atom is -0.324 e. The van der Waals surface area contributed by atoms with Crippen LogP contribution in [-0.2, 0) is 13.9 Å². The molecule has 1 heterocycles. The Bertz CT molecular complexity index is 415. The largest absolute Gasteiger partial charge is 0.340 e. The Balaban J connectivity index is 3.02. The lowest BCUT2D eigenvalue weighted by atomic mass is 9.97. The third-order valence-electron chi connectivity index (χ3n) is 3.28. The molecule has 106 valence electrons. The van der Waals surface area contributed by atoms with Crippen molar-refractivity contribution in [1.82, 2.24) is 0 Å². The second-order valence-electron chi connectivity index (χ2n) is 5.15. The van der Waals surface area contributed by atoms with Gasteiger partial charge in [-0.3, -0.25) is 13.6 Å². The zero-order valence-electron chi connectivity index (χ0n) is 10.1. The number of hydrogen-bond acceptors (Lipinski definition) is 3. The van der Waals surface area contributed by atoms with E-state index in [-0.39, 0.29) is 23.2 Å². The lowest BCUT2D eigenvalue weighted by Crippen LogP contribution is -2.52. The molecule has 1 amide bonds. The van der Waals surface area contributed by atoms with Crippen LogP contribution < -0.4 is 0 Å². The van der Waals surface area contributed by atoms with Crippen molar-refractivity contribution in [3.05, 3.63) is 0 Å². The van der Waals surface area contributed by atoms with Crippen LogP contribution in [0.15, 0.2) is 0 Å². The van der Waals surface area contributed by atoms with E-state index in [1.54, 1.807) is 14.1 Å². The molecule has 0 spiro atoms. The lowest BCUT2D eigenvalue weighted by molar-refractivity contribution is -0.818. The van der Waals surface area contributed by atoms with Gasteiger partial charge in [-0.1, -0.05) is 0 Å². The van der Waals surface area contributed by atoms with Crippen molar-refractivity contribution in [1.29, 1.82) is 0 Å². The topological polar surface area (TPSA) is 132 Å². The normalized spacial score (nSPS) is 25.5. The third kappa shape index (κ3) is 3.48. The van der Waals surface area contributed by atoms with Gasteiger partial charge in [-0.15, -0.1) is 0 Å². The number of likely N-dealkylation sites (tertiary alicyclic amines) is 1. The van der Waals surface area contributed by atoms with Crippen LogP contribution in [0.3, 0.4) is 0 Å². The summed E-state index contributed by atoms with van der Waals surface area (Å²) in [5, 5.41) is -2.07. The van der Waals surface area contributed by atoms with Crippen LogP contribution in [0.1, 0.15) is 12.8 Å². The van der Waals surface area contributed by atoms with E-state index >= 15 is 0 Å². The van der Waals surface area contributed by atoms with Crippen LogP contribution in [0.4, 0.5) is 0 Å². The van der Waals surface area contributed by atoms with Gasteiger partial charge in [0.05, 0.1) is 27.1 Å². The number of carbonyl (C=O) groups excluding carboxylic acids is 1. The first-order chi connectivity index (χ1) is 7.86. The van der Waals surface area contributed by atoms with Crippen molar-refractivity contribution in [2.45, 2.75) is 18.2 Å². The van der Waals surface area contributed by atoms with E-state index in [4.69, 9.17) is 19.6 Å². The molecule has 1 aliphatic heterocycles. The van der Waals surface area contributed by atoms with Crippen molar-refractivity contribution in [3.8, 4) is 0 Å². The molecule has 8 nitrogen and oxygen atoms in total. The van der Waals surface area contributed by atoms with Gasteiger partial charge < -0.3 is 19.6 Å². The van der Waals surface area contributed by atoms with Gasteiger partial charge in [0.2, 0.25) is 0 Å². The maximum Gasteiger partial charge on any atom is 0.340 e. The Morgan fingerprint density at radius 3 is 1.94 bits per heavy atom. The van der Waals surface area contributed by atoms with Gasteiger partial charge in [-0.05, 0) is 0 Å². The highest BCUT2D eigenvalue weighted by atomic mass is 31.2. The fourth-order valence-electron chi connectivity index (χ4n) is 2.19. The molecule has 1 aliphatic rings. The van der Waals surface area contributed by atoms with Gasteiger partial charge in [-0.2, -0.15) is 0 Å². The summed E-state index contributed by atoms with van der Waals surface area (Å²) < 4.78 is 22.5. The van der Waals surface area contributed by atoms with Crippen LogP contribution in [0.2, 0.25) is 0 Å². The molecule has 0 aromatic heterocycles. The fraction of sp³-hybridized carbons (Fsp3) is 0.875. The summed E-state index contributed by atoms with van der Waals surface area (Å²) in [5.41, 5.74) is 0. The van der Waals surface area contributed by atoms with Gasteiger partial charge in [0, 0.05) is 12.3 Å². The minimum atomic E-state index is -4.96. The summed E-state index contributed by atoms with van der Waals surface area (Å²) in [5.74, 6) is -1.26. The first-order valence-corrected chi connectivity index (χ1v) is 8.69. The number of nitrogens with zero attached hydrogens (tertiary/aromatic N) is 1. The molecule has 0 aromatic carbocycles. The molecule has 1 saturated heterocycles. The van der Waals surface area contributed by atoms with Crippen LogP contribution in [0, 0.1) is 5.92 Å². The molecule has 1 atom stereocenters. The Kier molecular flexibility index (Phi) is 4.26. The molecule has 0 saturated carbocycles. The molecule has 0 aliphatic carbocycles. The number of piperidine rings is 1. The fourth-order valence-corrected chi connectivity index (χ4v) is 5.36. The van der Waals surface area contributed by atoms with Crippen molar-refractivity contribution in [2.24, 2.45) is 5.92 Å². The highest BCUT2D eigenvalue weighted by molar-refractivity contribution is 7.70. The smallest absolute Gasteiger partial charge is 0.324 e. The van der Waals surface area contributed by atoms with E-state index in [1.165, 1.54) is 0 Å². The molecular weight excluding hydrogens is 284 g/mol. The van der Waals surface area contributed by atoms with Gasteiger partial charge in [0.15, 0.2) is 5.40 Å². The molecule has 0 radical (unpaired) electrons. The third-order valence-corrected chi connectivity index (χ3v) is 7.31. The van der Waals surface area contributed by atoms with Crippen LogP contribution >= 0.6 is 15.2 Å². The molecular formula is C8H18NO7P2+. The molecule has 0 aromatic rings. The molecule has 1 unspecified atom stereocenters. The second-order valence-corrected chi connectivity index (χ2v) is 9.02. The Morgan fingerprint density at radius 2 is 1.61 bits per heavy atom. The molecule has 0 bridgehead atoms. The molecule has 1 rings (SSSR count). The standard InChI is InChI=1S/C8H17NO7P2/c1-9(2)4-3-6(5-7(9)10)8(17(11,12)13)18(14,15)16/h6,8H,3-5H2,1-2H3,(H3-,11,12,13,14,15,16)/p+1. The van der Waals surface area contributed by atoms with Gasteiger partial charge in [0.25, 0.3) is 0 Å². The zero-order valence-corrected chi connectivity index (χ0v) is 11.9. The summed E-state index contributed by atoms with van der Waals surface area (Å²) in [4.78, 5) is 48.1. The minimum absolute atomic E-state index is 0.0610. The highest BCUT2D eigenvalue weighted by Crippen LogP contribution is 2.64. The monoisotopic (exact) mass is 302 g/mol. The Hall–Kier alpha value is -0.0700. The van der Waals surface area contributed by atoms with E-state index < -0.39 is 26.5 Å². The van der Waals surface area contributed by atoms with E-state index in [1.807, 2.05) is 0 Å². The molecule has 18 heavy (non-hydrogen) atoms. The van der Waals surface area contributed by atoms with Crippen molar-refractivity contribution >= 4 is 21.1 Å². The van der Waals surface area contributed by atoms with Gasteiger partial charge in [-0.25, -0.2) is 4.79 Å². The lowest BCUT2D eigenvalue weighted by Gasteiger charge is -2.37.